The lowest BCUT2D eigenvalue weighted by molar-refractivity contribution is -0.137. The average molecular weight is 424 g/mol. The Hall–Kier alpha value is -2.76. The van der Waals surface area contributed by atoms with Gasteiger partial charge in [-0.3, -0.25) is 14.5 Å². The van der Waals surface area contributed by atoms with Crippen molar-refractivity contribution in [1.82, 2.24) is 4.90 Å². The lowest BCUT2D eigenvalue weighted by Crippen LogP contribution is -2.30. The quantitative estimate of drug-likeness (QED) is 0.494. The van der Waals surface area contributed by atoms with Gasteiger partial charge in [-0.25, -0.2) is 0 Å². The highest BCUT2D eigenvalue weighted by Gasteiger charge is 2.39. The molecule has 0 fully saturated rings. The Balaban J connectivity index is 1.66. The van der Waals surface area contributed by atoms with Crippen molar-refractivity contribution in [3.8, 4) is 0 Å². The monoisotopic (exact) mass is 423 g/mol. The maximum Gasteiger partial charge on any atom is 0.268 e. The van der Waals surface area contributed by atoms with E-state index < -0.39 is 0 Å². The fourth-order valence-corrected chi connectivity index (χ4v) is 4.28. The van der Waals surface area contributed by atoms with E-state index >= 15 is 0 Å². The van der Waals surface area contributed by atoms with Gasteiger partial charge in [-0.2, -0.15) is 0 Å². The maximum absolute atomic E-state index is 13.2. The molecule has 1 aliphatic rings. The summed E-state index contributed by atoms with van der Waals surface area (Å²) in [5.74, 6) is 0.642. The first-order valence-electron chi connectivity index (χ1n) is 9.10. The Morgan fingerprint density at radius 2 is 1.69 bits per heavy atom. The second kappa shape index (κ2) is 8.31. The molecule has 1 aromatic heterocycles. The molecule has 4 rings (SSSR count). The molecule has 146 valence electrons. The molecule has 0 radical (unpaired) electrons. The summed E-state index contributed by atoms with van der Waals surface area (Å²) in [5, 5.41) is 0.576. The van der Waals surface area contributed by atoms with E-state index in [0.29, 0.717) is 26.8 Å². The zero-order chi connectivity index (χ0) is 20.4. The number of rotatable bonds is 6. The van der Waals surface area contributed by atoms with Crippen molar-refractivity contribution in [1.29, 1.82) is 0 Å². The minimum atomic E-state index is -0.292. The molecule has 0 saturated carbocycles. The van der Waals surface area contributed by atoms with Crippen LogP contribution in [0.5, 0.6) is 0 Å². The highest BCUT2D eigenvalue weighted by molar-refractivity contribution is 8.03. The largest absolute Gasteiger partial charge is 0.468 e. The summed E-state index contributed by atoms with van der Waals surface area (Å²) in [5.41, 5.74) is 3.13. The number of furan rings is 1. The number of thioether (sulfide) groups is 1. The lowest BCUT2D eigenvalue weighted by Gasteiger charge is -2.15. The Labute approximate surface area is 178 Å². The molecule has 0 unspecified atom stereocenters. The number of aryl methyl sites for hydroxylation is 1. The van der Waals surface area contributed by atoms with Crippen LogP contribution in [0.15, 0.2) is 76.2 Å². The van der Waals surface area contributed by atoms with Crippen LogP contribution in [0.25, 0.3) is 5.57 Å². The van der Waals surface area contributed by atoms with Crippen molar-refractivity contribution in [2.24, 2.45) is 0 Å². The van der Waals surface area contributed by atoms with E-state index in [1.165, 1.54) is 16.7 Å². The van der Waals surface area contributed by atoms with Gasteiger partial charge in [0.25, 0.3) is 11.8 Å². The van der Waals surface area contributed by atoms with E-state index in [9.17, 15) is 9.59 Å². The van der Waals surface area contributed by atoms with Crippen LogP contribution < -0.4 is 0 Å². The predicted octanol–water partition coefficient (Wildman–Crippen LogP) is 5.45. The number of hydrogen-bond acceptors (Lipinski definition) is 4. The number of hydrogen-bond donors (Lipinski definition) is 0. The van der Waals surface area contributed by atoms with Crippen molar-refractivity contribution in [2.75, 3.05) is 0 Å². The number of imide groups is 1. The zero-order valence-corrected chi connectivity index (χ0v) is 17.3. The van der Waals surface area contributed by atoms with Crippen LogP contribution >= 0.6 is 23.4 Å². The van der Waals surface area contributed by atoms with Gasteiger partial charge in [-0.15, -0.1) is 11.8 Å². The van der Waals surface area contributed by atoms with Gasteiger partial charge in [0.15, 0.2) is 0 Å². The number of carbonyl (C=O) groups is 2. The first-order valence-corrected chi connectivity index (χ1v) is 10.5. The van der Waals surface area contributed by atoms with E-state index in [1.807, 2.05) is 37.3 Å². The van der Waals surface area contributed by atoms with Gasteiger partial charge in [0.05, 0.1) is 29.0 Å². The van der Waals surface area contributed by atoms with Gasteiger partial charge in [0, 0.05) is 5.02 Å². The van der Waals surface area contributed by atoms with Gasteiger partial charge in [0.1, 0.15) is 5.76 Å². The molecule has 2 amide bonds. The van der Waals surface area contributed by atoms with Crippen LogP contribution in [0.1, 0.15) is 22.5 Å². The van der Waals surface area contributed by atoms with Crippen LogP contribution in [0.4, 0.5) is 0 Å². The van der Waals surface area contributed by atoms with Crippen molar-refractivity contribution >= 4 is 40.8 Å². The van der Waals surface area contributed by atoms with E-state index in [-0.39, 0.29) is 18.4 Å². The first-order chi connectivity index (χ1) is 14.0. The molecule has 1 aliphatic heterocycles. The van der Waals surface area contributed by atoms with Gasteiger partial charge in [-0.1, -0.05) is 53.6 Å². The van der Waals surface area contributed by atoms with Crippen LogP contribution in [0.3, 0.4) is 0 Å². The summed E-state index contributed by atoms with van der Waals surface area (Å²) in [6.07, 6.45) is 1.59. The fourth-order valence-electron chi connectivity index (χ4n) is 3.12. The molecule has 29 heavy (non-hydrogen) atoms. The summed E-state index contributed by atoms with van der Waals surface area (Å²) < 4.78 is 5.38. The first kappa shape index (κ1) is 19.6. The number of nitrogens with zero attached hydrogens (tertiary/aromatic N) is 1. The number of carbonyl (C=O) groups excluding carboxylic acids is 2. The lowest BCUT2D eigenvalue weighted by atomic mass is 10.1. The Morgan fingerprint density at radius 3 is 2.34 bits per heavy atom. The second-order valence-electron chi connectivity index (χ2n) is 6.76. The Morgan fingerprint density at radius 1 is 0.966 bits per heavy atom. The van der Waals surface area contributed by atoms with Crippen molar-refractivity contribution < 1.29 is 14.0 Å². The number of halogens is 1. The second-order valence-corrected chi connectivity index (χ2v) is 8.18. The van der Waals surface area contributed by atoms with Gasteiger partial charge >= 0.3 is 0 Å². The van der Waals surface area contributed by atoms with E-state index in [1.54, 1.807) is 36.6 Å². The van der Waals surface area contributed by atoms with Crippen LogP contribution in [0.2, 0.25) is 5.02 Å². The molecule has 0 saturated heterocycles. The molecule has 3 aromatic rings. The van der Waals surface area contributed by atoms with E-state index in [4.69, 9.17) is 16.0 Å². The Bertz CT molecular complexity index is 1070. The van der Waals surface area contributed by atoms with E-state index in [2.05, 4.69) is 0 Å². The van der Waals surface area contributed by atoms with Crippen molar-refractivity contribution in [2.45, 2.75) is 19.2 Å². The van der Waals surface area contributed by atoms with Gasteiger partial charge < -0.3 is 4.42 Å². The summed E-state index contributed by atoms with van der Waals surface area (Å²) in [6.45, 7) is 2.24. The standard InChI is InChI=1S/C23H18ClNO3S/c1-15-4-6-16(7-5-15)13-25-22(26)20(17-8-10-18(24)11-9-17)21(23(25)27)29-14-19-3-2-12-28-19/h2-12H,13-14H2,1H3. The fraction of sp³-hybridized carbons (Fsp3) is 0.130. The molecular weight excluding hydrogens is 406 g/mol. The summed E-state index contributed by atoms with van der Waals surface area (Å²) in [6, 6.07) is 18.4. The summed E-state index contributed by atoms with van der Waals surface area (Å²) in [7, 11) is 0. The van der Waals surface area contributed by atoms with Crippen molar-refractivity contribution in [3.05, 3.63) is 99.3 Å². The number of amides is 2. The van der Waals surface area contributed by atoms with Gasteiger partial charge in [0.2, 0.25) is 0 Å². The molecule has 0 atom stereocenters. The molecule has 0 N–H and O–H groups in total. The van der Waals surface area contributed by atoms with Gasteiger partial charge in [-0.05, 0) is 42.3 Å². The summed E-state index contributed by atoms with van der Waals surface area (Å²) in [4.78, 5) is 28.1. The highest BCUT2D eigenvalue weighted by Crippen LogP contribution is 2.38. The molecule has 0 bridgehead atoms. The molecule has 0 aliphatic carbocycles. The van der Waals surface area contributed by atoms with E-state index in [0.717, 1.165) is 16.9 Å². The molecule has 4 nitrogen and oxygen atoms in total. The smallest absolute Gasteiger partial charge is 0.268 e. The molecular formula is C23H18ClNO3S. The third-order valence-corrected chi connectivity index (χ3v) is 6.01. The normalized spacial score (nSPS) is 14.2. The molecule has 2 heterocycles. The Kier molecular flexibility index (Phi) is 5.60. The molecule has 2 aromatic carbocycles. The van der Waals surface area contributed by atoms with Crippen LogP contribution in [0, 0.1) is 6.92 Å². The third kappa shape index (κ3) is 4.16. The highest BCUT2D eigenvalue weighted by atomic mass is 35.5. The molecule has 6 heteroatoms. The minimum absolute atomic E-state index is 0.236. The summed E-state index contributed by atoms with van der Waals surface area (Å²) >= 11 is 7.32. The predicted molar refractivity (Wildman–Crippen MR) is 115 cm³/mol. The van der Waals surface area contributed by atoms with Crippen molar-refractivity contribution in [3.63, 3.8) is 0 Å². The number of benzene rings is 2. The SMILES string of the molecule is Cc1ccc(CN2C(=O)C(SCc3ccco3)=C(c3ccc(Cl)cc3)C2=O)cc1. The zero-order valence-electron chi connectivity index (χ0n) is 15.7. The average Bonchev–Trinajstić information content (AvgIpc) is 3.31. The molecule has 0 spiro atoms. The maximum atomic E-state index is 13.2. The third-order valence-electron chi connectivity index (χ3n) is 4.66. The topological polar surface area (TPSA) is 50.5 Å². The minimum Gasteiger partial charge on any atom is -0.468 e. The van der Waals surface area contributed by atoms with Crippen LogP contribution in [-0.2, 0) is 21.9 Å². The van der Waals surface area contributed by atoms with Crippen LogP contribution in [-0.4, -0.2) is 16.7 Å².